The number of urea groups is 1. The van der Waals surface area contributed by atoms with E-state index in [9.17, 15) is 4.79 Å². The molecule has 0 aromatic carbocycles. The molecule has 8 heteroatoms. The predicted octanol–water partition coefficient (Wildman–Crippen LogP) is 2.24. The van der Waals surface area contributed by atoms with Crippen LogP contribution in [0.5, 0.6) is 0 Å². The molecule has 8 nitrogen and oxygen atoms in total. The molecule has 2 fully saturated rings. The van der Waals surface area contributed by atoms with Gasteiger partial charge in [-0.1, -0.05) is 0 Å². The second kappa shape index (κ2) is 9.16. The SMILES string of the molecule is O=C(Nc1cnn(CC2CCCO2)c1)NC1CCN(Cc2ccncc2)CC1. The lowest BCUT2D eigenvalue weighted by Crippen LogP contribution is -2.45. The Bertz CT molecular complexity index is 751. The van der Waals surface area contributed by atoms with Gasteiger partial charge < -0.3 is 15.4 Å². The number of piperidine rings is 1. The van der Waals surface area contributed by atoms with E-state index in [1.54, 1.807) is 6.20 Å². The fourth-order valence-corrected chi connectivity index (χ4v) is 3.86. The normalized spacial score (nSPS) is 20.9. The first-order chi connectivity index (χ1) is 13.7. The Morgan fingerprint density at radius 1 is 1.21 bits per heavy atom. The molecule has 1 atom stereocenters. The number of aromatic nitrogens is 3. The van der Waals surface area contributed by atoms with Crippen LogP contribution in [0.15, 0.2) is 36.9 Å². The number of carbonyl (C=O) groups is 1. The second-order valence-corrected chi connectivity index (χ2v) is 7.59. The van der Waals surface area contributed by atoms with Crippen LogP contribution in [-0.2, 0) is 17.8 Å². The molecule has 2 saturated heterocycles. The number of ether oxygens (including phenoxy) is 1. The van der Waals surface area contributed by atoms with Crippen LogP contribution >= 0.6 is 0 Å². The van der Waals surface area contributed by atoms with Crippen LogP contribution in [0.25, 0.3) is 0 Å². The van der Waals surface area contributed by atoms with E-state index < -0.39 is 0 Å². The van der Waals surface area contributed by atoms with Crippen molar-refractivity contribution in [3.63, 3.8) is 0 Å². The zero-order valence-electron chi connectivity index (χ0n) is 16.1. The van der Waals surface area contributed by atoms with Crippen molar-refractivity contribution in [2.75, 3.05) is 25.0 Å². The van der Waals surface area contributed by atoms with Crippen LogP contribution in [0.1, 0.15) is 31.2 Å². The molecule has 150 valence electrons. The van der Waals surface area contributed by atoms with Crippen LogP contribution in [0.2, 0.25) is 0 Å². The third-order valence-electron chi connectivity index (χ3n) is 5.38. The number of nitrogens with one attached hydrogen (secondary N) is 2. The summed E-state index contributed by atoms with van der Waals surface area (Å²) >= 11 is 0. The molecule has 0 spiro atoms. The Labute approximate surface area is 165 Å². The Hall–Kier alpha value is -2.45. The number of carbonyl (C=O) groups excluding carboxylic acids is 1. The Morgan fingerprint density at radius 2 is 2.04 bits per heavy atom. The lowest BCUT2D eigenvalue weighted by molar-refractivity contribution is 0.0940. The van der Waals surface area contributed by atoms with Crippen molar-refractivity contribution >= 4 is 11.7 Å². The molecule has 2 aromatic heterocycles. The molecule has 2 amide bonds. The number of nitrogens with zero attached hydrogens (tertiary/aromatic N) is 4. The van der Waals surface area contributed by atoms with E-state index in [0.717, 1.165) is 58.5 Å². The highest BCUT2D eigenvalue weighted by atomic mass is 16.5. The topological polar surface area (TPSA) is 84.3 Å². The van der Waals surface area contributed by atoms with E-state index in [1.165, 1.54) is 5.56 Å². The van der Waals surface area contributed by atoms with Gasteiger partial charge in [0.25, 0.3) is 0 Å². The van der Waals surface area contributed by atoms with Gasteiger partial charge in [-0.2, -0.15) is 5.10 Å². The first-order valence-corrected chi connectivity index (χ1v) is 10.1. The van der Waals surface area contributed by atoms with Gasteiger partial charge in [0.05, 0.1) is 24.5 Å². The third kappa shape index (κ3) is 5.30. The van der Waals surface area contributed by atoms with E-state index in [4.69, 9.17) is 4.74 Å². The zero-order valence-corrected chi connectivity index (χ0v) is 16.1. The second-order valence-electron chi connectivity index (χ2n) is 7.59. The van der Waals surface area contributed by atoms with Crippen molar-refractivity contribution in [2.45, 2.75) is 50.9 Å². The molecule has 0 radical (unpaired) electrons. The number of rotatable bonds is 6. The number of pyridine rings is 1. The smallest absolute Gasteiger partial charge is 0.319 e. The largest absolute Gasteiger partial charge is 0.376 e. The summed E-state index contributed by atoms with van der Waals surface area (Å²) in [5, 5.41) is 10.3. The minimum atomic E-state index is -0.163. The van der Waals surface area contributed by atoms with Gasteiger partial charge in [-0.3, -0.25) is 14.6 Å². The summed E-state index contributed by atoms with van der Waals surface area (Å²) in [7, 11) is 0. The molecule has 0 bridgehead atoms. The number of amides is 2. The highest BCUT2D eigenvalue weighted by Crippen LogP contribution is 2.16. The van der Waals surface area contributed by atoms with Gasteiger partial charge in [-0.15, -0.1) is 0 Å². The van der Waals surface area contributed by atoms with Gasteiger partial charge in [0.2, 0.25) is 0 Å². The fourth-order valence-electron chi connectivity index (χ4n) is 3.86. The number of hydrogen-bond acceptors (Lipinski definition) is 5. The maximum atomic E-state index is 12.3. The Balaban J connectivity index is 1.18. The van der Waals surface area contributed by atoms with Crippen molar-refractivity contribution in [1.29, 1.82) is 0 Å². The molecular formula is C20H28N6O2. The predicted molar refractivity (Wildman–Crippen MR) is 106 cm³/mol. The molecule has 0 saturated carbocycles. The summed E-state index contributed by atoms with van der Waals surface area (Å²) in [6.45, 7) is 4.46. The first-order valence-electron chi connectivity index (χ1n) is 10.1. The van der Waals surface area contributed by atoms with E-state index in [-0.39, 0.29) is 18.2 Å². The minimum Gasteiger partial charge on any atom is -0.376 e. The van der Waals surface area contributed by atoms with Crippen molar-refractivity contribution in [3.05, 3.63) is 42.5 Å². The van der Waals surface area contributed by atoms with E-state index in [1.807, 2.05) is 23.3 Å². The summed E-state index contributed by atoms with van der Waals surface area (Å²) in [6, 6.07) is 4.15. The van der Waals surface area contributed by atoms with Crippen LogP contribution in [0, 0.1) is 0 Å². The quantitative estimate of drug-likeness (QED) is 0.798. The van der Waals surface area contributed by atoms with Gasteiger partial charge in [-0.05, 0) is 43.4 Å². The molecule has 2 aliphatic heterocycles. The molecular weight excluding hydrogens is 356 g/mol. The number of likely N-dealkylation sites (tertiary alicyclic amines) is 1. The molecule has 4 heterocycles. The lowest BCUT2D eigenvalue weighted by Gasteiger charge is -2.32. The van der Waals surface area contributed by atoms with Gasteiger partial charge in [-0.25, -0.2) is 4.79 Å². The summed E-state index contributed by atoms with van der Waals surface area (Å²) in [4.78, 5) is 18.8. The van der Waals surface area contributed by atoms with E-state index in [2.05, 4.69) is 37.7 Å². The maximum absolute atomic E-state index is 12.3. The zero-order chi connectivity index (χ0) is 19.2. The Morgan fingerprint density at radius 3 is 2.79 bits per heavy atom. The molecule has 28 heavy (non-hydrogen) atoms. The molecule has 0 aliphatic carbocycles. The molecule has 2 N–H and O–H groups in total. The first kappa shape index (κ1) is 18.9. The van der Waals surface area contributed by atoms with E-state index in [0.29, 0.717) is 5.69 Å². The maximum Gasteiger partial charge on any atom is 0.319 e. The molecule has 2 aliphatic rings. The highest BCUT2D eigenvalue weighted by Gasteiger charge is 2.21. The van der Waals surface area contributed by atoms with Gasteiger partial charge in [0.15, 0.2) is 0 Å². The average molecular weight is 384 g/mol. The molecule has 1 unspecified atom stereocenters. The number of anilines is 1. The lowest BCUT2D eigenvalue weighted by atomic mass is 10.0. The van der Waals surface area contributed by atoms with Crippen molar-refractivity contribution < 1.29 is 9.53 Å². The molecule has 4 rings (SSSR count). The monoisotopic (exact) mass is 384 g/mol. The van der Waals surface area contributed by atoms with E-state index >= 15 is 0 Å². The summed E-state index contributed by atoms with van der Waals surface area (Å²) in [6.07, 6.45) is 11.5. The summed E-state index contributed by atoms with van der Waals surface area (Å²) in [5.41, 5.74) is 1.99. The summed E-state index contributed by atoms with van der Waals surface area (Å²) < 4.78 is 7.46. The Kier molecular flexibility index (Phi) is 6.18. The minimum absolute atomic E-state index is 0.163. The standard InChI is InChI=1S/C20H28N6O2/c27-20(24-18-12-22-26(14-18)15-19-2-1-11-28-19)23-17-5-9-25(10-6-17)13-16-3-7-21-8-4-16/h3-4,7-8,12,14,17,19H,1-2,5-6,9-11,13,15H2,(H2,23,24,27). The van der Waals surface area contributed by atoms with Gasteiger partial charge in [0.1, 0.15) is 0 Å². The van der Waals surface area contributed by atoms with Gasteiger partial charge >= 0.3 is 6.03 Å². The summed E-state index contributed by atoms with van der Waals surface area (Å²) in [5.74, 6) is 0. The molecule has 2 aromatic rings. The van der Waals surface area contributed by atoms with Crippen LogP contribution < -0.4 is 10.6 Å². The van der Waals surface area contributed by atoms with Crippen molar-refractivity contribution in [3.8, 4) is 0 Å². The van der Waals surface area contributed by atoms with Crippen molar-refractivity contribution in [2.24, 2.45) is 0 Å². The van der Waals surface area contributed by atoms with Crippen LogP contribution in [0.4, 0.5) is 10.5 Å². The van der Waals surface area contributed by atoms with Gasteiger partial charge in [0, 0.05) is 50.9 Å². The van der Waals surface area contributed by atoms with Crippen LogP contribution in [0.3, 0.4) is 0 Å². The van der Waals surface area contributed by atoms with Crippen molar-refractivity contribution in [1.82, 2.24) is 25.0 Å². The number of hydrogen-bond donors (Lipinski definition) is 2. The van der Waals surface area contributed by atoms with Crippen LogP contribution in [-0.4, -0.2) is 57.5 Å². The third-order valence-corrected chi connectivity index (χ3v) is 5.38. The highest BCUT2D eigenvalue weighted by molar-refractivity contribution is 5.89. The fraction of sp³-hybridized carbons (Fsp3) is 0.550. The average Bonchev–Trinajstić information content (AvgIpc) is 3.37.